The van der Waals surface area contributed by atoms with Crippen molar-refractivity contribution in [1.82, 2.24) is 5.32 Å². The van der Waals surface area contributed by atoms with E-state index in [1.54, 1.807) is 7.11 Å². The number of carbonyl (C=O) groups is 1. The molecule has 0 bridgehead atoms. The maximum absolute atomic E-state index is 11.7. The van der Waals surface area contributed by atoms with Crippen molar-refractivity contribution in [3.05, 3.63) is 23.8 Å². The van der Waals surface area contributed by atoms with Crippen LogP contribution < -0.4 is 20.5 Å². The first-order valence-electron chi connectivity index (χ1n) is 7.11. The smallest absolute Gasteiger partial charge is 0.222 e. The van der Waals surface area contributed by atoms with E-state index in [-0.39, 0.29) is 18.4 Å². The lowest BCUT2D eigenvalue weighted by molar-refractivity contribution is -0.123. The zero-order valence-corrected chi connectivity index (χ0v) is 12.3. The van der Waals surface area contributed by atoms with Crippen LogP contribution in [0.1, 0.15) is 12.0 Å². The van der Waals surface area contributed by atoms with Gasteiger partial charge in [0.25, 0.3) is 0 Å². The fourth-order valence-electron chi connectivity index (χ4n) is 2.13. The third kappa shape index (κ3) is 4.61. The van der Waals surface area contributed by atoms with Crippen LogP contribution in [0.4, 0.5) is 0 Å². The van der Waals surface area contributed by atoms with E-state index in [2.05, 4.69) is 5.32 Å². The normalized spacial score (nSPS) is 14.6. The van der Waals surface area contributed by atoms with Gasteiger partial charge in [0.15, 0.2) is 11.5 Å². The molecular formula is C15H22N2O4. The van der Waals surface area contributed by atoms with Crippen LogP contribution in [-0.4, -0.2) is 45.4 Å². The Morgan fingerprint density at radius 2 is 2.14 bits per heavy atom. The summed E-state index contributed by atoms with van der Waals surface area (Å²) in [6.45, 7) is 2.07. The fraction of sp³-hybridized carbons (Fsp3) is 0.533. The summed E-state index contributed by atoms with van der Waals surface area (Å²) >= 11 is 0. The standard InChI is InChI=1S/C15H22N2O4/c1-19-12(10-16)9-15(18)17-5-4-11-2-3-13-14(8-11)21-7-6-20-13/h2-3,8,12H,4-7,9-10,16H2,1H3,(H,17,18). The SMILES string of the molecule is COC(CN)CC(=O)NCCc1ccc2c(c1)OCCO2. The predicted molar refractivity (Wildman–Crippen MR) is 78.6 cm³/mol. The number of nitrogens with two attached hydrogens (primary N) is 1. The summed E-state index contributed by atoms with van der Waals surface area (Å²) in [7, 11) is 1.56. The van der Waals surface area contributed by atoms with Gasteiger partial charge in [-0.3, -0.25) is 4.79 Å². The highest BCUT2D eigenvalue weighted by molar-refractivity contribution is 5.76. The Labute approximate surface area is 124 Å². The van der Waals surface area contributed by atoms with Gasteiger partial charge < -0.3 is 25.3 Å². The quantitative estimate of drug-likeness (QED) is 0.764. The molecule has 0 aromatic heterocycles. The second kappa shape index (κ2) is 7.85. The highest BCUT2D eigenvalue weighted by atomic mass is 16.6. The summed E-state index contributed by atoms with van der Waals surface area (Å²) in [6.07, 6.45) is 0.802. The Morgan fingerprint density at radius 3 is 2.86 bits per heavy atom. The predicted octanol–water partition coefficient (Wildman–Crippen LogP) is 0.480. The second-order valence-corrected chi connectivity index (χ2v) is 4.88. The molecule has 2 rings (SSSR count). The number of amides is 1. The maximum Gasteiger partial charge on any atom is 0.222 e. The molecule has 1 amide bonds. The van der Waals surface area contributed by atoms with Gasteiger partial charge in [0.05, 0.1) is 12.5 Å². The highest BCUT2D eigenvalue weighted by Gasteiger charge is 2.13. The maximum atomic E-state index is 11.7. The number of carbonyl (C=O) groups excluding carboxylic acids is 1. The van der Waals surface area contributed by atoms with Gasteiger partial charge in [-0.1, -0.05) is 6.07 Å². The molecule has 1 aliphatic rings. The average Bonchev–Trinajstić information content (AvgIpc) is 2.52. The van der Waals surface area contributed by atoms with Crippen molar-refractivity contribution >= 4 is 5.91 Å². The molecule has 1 unspecified atom stereocenters. The number of methoxy groups -OCH3 is 1. The number of benzene rings is 1. The number of hydrogen-bond donors (Lipinski definition) is 2. The van der Waals surface area contributed by atoms with E-state index in [1.165, 1.54) is 0 Å². The van der Waals surface area contributed by atoms with E-state index in [0.29, 0.717) is 26.3 Å². The van der Waals surface area contributed by atoms with Crippen LogP contribution in [0.3, 0.4) is 0 Å². The lowest BCUT2D eigenvalue weighted by atomic mass is 10.1. The van der Waals surface area contributed by atoms with Gasteiger partial charge in [0.2, 0.25) is 5.91 Å². The fourth-order valence-corrected chi connectivity index (χ4v) is 2.13. The largest absolute Gasteiger partial charge is 0.486 e. The molecule has 0 aliphatic carbocycles. The van der Waals surface area contributed by atoms with Crippen molar-refractivity contribution < 1.29 is 19.0 Å². The Balaban J connectivity index is 1.77. The van der Waals surface area contributed by atoms with Crippen molar-refractivity contribution in [2.75, 3.05) is 33.4 Å². The Kier molecular flexibility index (Phi) is 5.83. The lowest BCUT2D eigenvalue weighted by Gasteiger charge is -2.19. The van der Waals surface area contributed by atoms with E-state index in [1.807, 2.05) is 18.2 Å². The van der Waals surface area contributed by atoms with E-state index in [4.69, 9.17) is 19.9 Å². The average molecular weight is 294 g/mol. The molecule has 21 heavy (non-hydrogen) atoms. The van der Waals surface area contributed by atoms with Crippen LogP contribution in [0.25, 0.3) is 0 Å². The first-order chi connectivity index (χ1) is 10.2. The zero-order valence-electron chi connectivity index (χ0n) is 12.3. The molecule has 1 heterocycles. The van der Waals surface area contributed by atoms with Crippen LogP contribution in [0, 0.1) is 0 Å². The molecule has 1 aromatic rings. The first kappa shape index (κ1) is 15.6. The van der Waals surface area contributed by atoms with Crippen LogP contribution in [0.2, 0.25) is 0 Å². The first-order valence-corrected chi connectivity index (χ1v) is 7.11. The number of ether oxygens (including phenoxy) is 3. The van der Waals surface area contributed by atoms with Crippen LogP contribution >= 0.6 is 0 Å². The molecular weight excluding hydrogens is 272 g/mol. The molecule has 116 valence electrons. The van der Waals surface area contributed by atoms with Gasteiger partial charge >= 0.3 is 0 Å². The molecule has 6 heteroatoms. The van der Waals surface area contributed by atoms with Crippen molar-refractivity contribution in [2.24, 2.45) is 5.73 Å². The molecule has 6 nitrogen and oxygen atoms in total. The van der Waals surface area contributed by atoms with Gasteiger partial charge in [0.1, 0.15) is 13.2 Å². The second-order valence-electron chi connectivity index (χ2n) is 4.88. The number of rotatable bonds is 7. The molecule has 3 N–H and O–H groups in total. The molecule has 0 radical (unpaired) electrons. The minimum atomic E-state index is -0.223. The van der Waals surface area contributed by atoms with Gasteiger partial charge in [-0.05, 0) is 24.1 Å². The van der Waals surface area contributed by atoms with E-state index in [0.717, 1.165) is 23.5 Å². The zero-order chi connectivity index (χ0) is 15.1. The number of nitrogens with one attached hydrogen (secondary N) is 1. The molecule has 0 fully saturated rings. The van der Waals surface area contributed by atoms with Crippen molar-refractivity contribution in [2.45, 2.75) is 18.9 Å². The Morgan fingerprint density at radius 1 is 1.38 bits per heavy atom. The van der Waals surface area contributed by atoms with Crippen molar-refractivity contribution in [3.8, 4) is 11.5 Å². The molecule has 1 aliphatic heterocycles. The van der Waals surface area contributed by atoms with Gasteiger partial charge in [-0.25, -0.2) is 0 Å². The van der Waals surface area contributed by atoms with Gasteiger partial charge in [-0.15, -0.1) is 0 Å². The minimum absolute atomic E-state index is 0.0511. The Hall–Kier alpha value is -1.79. The molecule has 0 saturated heterocycles. The Bertz CT molecular complexity index is 475. The van der Waals surface area contributed by atoms with Crippen LogP contribution in [0.15, 0.2) is 18.2 Å². The van der Waals surface area contributed by atoms with Gasteiger partial charge in [0, 0.05) is 20.2 Å². The summed E-state index contributed by atoms with van der Waals surface area (Å²) in [5.74, 6) is 1.50. The summed E-state index contributed by atoms with van der Waals surface area (Å²) in [5.41, 5.74) is 6.58. The van der Waals surface area contributed by atoms with E-state index in [9.17, 15) is 4.79 Å². The third-order valence-electron chi connectivity index (χ3n) is 3.35. The summed E-state index contributed by atoms with van der Waals surface area (Å²) in [6, 6.07) is 5.84. The summed E-state index contributed by atoms with van der Waals surface area (Å²) < 4.78 is 16.1. The number of fused-ring (bicyclic) bond motifs is 1. The third-order valence-corrected chi connectivity index (χ3v) is 3.35. The number of hydrogen-bond acceptors (Lipinski definition) is 5. The topological polar surface area (TPSA) is 82.8 Å². The van der Waals surface area contributed by atoms with E-state index >= 15 is 0 Å². The summed E-state index contributed by atoms with van der Waals surface area (Å²) in [4.78, 5) is 11.7. The minimum Gasteiger partial charge on any atom is -0.486 e. The molecule has 1 atom stereocenters. The van der Waals surface area contributed by atoms with E-state index < -0.39 is 0 Å². The molecule has 0 saturated carbocycles. The van der Waals surface area contributed by atoms with Crippen LogP contribution in [0.5, 0.6) is 11.5 Å². The van der Waals surface area contributed by atoms with Crippen molar-refractivity contribution in [3.63, 3.8) is 0 Å². The molecule has 1 aromatic carbocycles. The summed E-state index contributed by atoms with van der Waals surface area (Å²) in [5, 5.41) is 2.86. The highest BCUT2D eigenvalue weighted by Crippen LogP contribution is 2.30. The van der Waals surface area contributed by atoms with Crippen molar-refractivity contribution in [1.29, 1.82) is 0 Å². The molecule has 0 spiro atoms. The van der Waals surface area contributed by atoms with Crippen LogP contribution in [-0.2, 0) is 16.0 Å². The van der Waals surface area contributed by atoms with Gasteiger partial charge in [-0.2, -0.15) is 0 Å². The monoisotopic (exact) mass is 294 g/mol. The lowest BCUT2D eigenvalue weighted by Crippen LogP contribution is -2.33.